The average Bonchev–Trinajstić information content (AvgIpc) is 3.56. The number of ketones is 1. The van der Waals surface area contributed by atoms with Crippen LogP contribution in [0.2, 0.25) is 0 Å². The molecule has 2 heterocycles. The van der Waals surface area contributed by atoms with E-state index >= 15 is 0 Å². The van der Waals surface area contributed by atoms with Crippen molar-refractivity contribution in [2.45, 2.75) is 26.3 Å². The summed E-state index contributed by atoms with van der Waals surface area (Å²) >= 11 is 1.25. The summed E-state index contributed by atoms with van der Waals surface area (Å²) in [4.78, 5) is 33.4. The predicted molar refractivity (Wildman–Crippen MR) is 166 cm³/mol. The van der Waals surface area contributed by atoms with Crippen LogP contribution >= 0.6 is 11.3 Å². The maximum atomic E-state index is 13.7. The van der Waals surface area contributed by atoms with Crippen molar-refractivity contribution < 1.29 is 33.6 Å². The molecule has 4 aromatic rings. The van der Waals surface area contributed by atoms with E-state index in [1.165, 1.54) is 16.2 Å². The Hall–Kier alpha value is -4.83. The largest absolute Gasteiger partial charge is 0.507 e. The molecule has 0 saturated carbocycles. The van der Waals surface area contributed by atoms with Crippen LogP contribution in [0, 0.1) is 0 Å². The van der Waals surface area contributed by atoms with E-state index < -0.39 is 17.7 Å². The van der Waals surface area contributed by atoms with Gasteiger partial charge in [0.15, 0.2) is 16.6 Å². The van der Waals surface area contributed by atoms with Gasteiger partial charge in [-0.2, -0.15) is 0 Å². The number of nitrogens with zero attached hydrogens (tertiary/aromatic N) is 2. The number of aromatic nitrogens is 1. The van der Waals surface area contributed by atoms with Crippen molar-refractivity contribution in [1.29, 1.82) is 0 Å². The molecule has 1 aliphatic rings. The highest BCUT2D eigenvalue weighted by molar-refractivity contribution is 7.22. The highest BCUT2D eigenvalue weighted by Gasteiger charge is 2.48. The minimum absolute atomic E-state index is 0.0636. The van der Waals surface area contributed by atoms with Crippen LogP contribution in [-0.4, -0.2) is 48.7 Å². The van der Waals surface area contributed by atoms with Gasteiger partial charge in [-0.05, 0) is 73.5 Å². The van der Waals surface area contributed by atoms with Gasteiger partial charge in [-0.3, -0.25) is 14.5 Å². The summed E-state index contributed by atoms with van der Waals surface area (Å²) in [5.41, 5.74) is 1.49. The molecule has 1 aromatic heterocycles. The molecule has 9 nitrogen and oxygen atoms in total. The van der Waals surface area contributed by atoms with Gasteiger partial charge in [0, 0.05) is 5.56 Å². The van der Waals surface area contributed by atoms with E-state index in [4.69, 9.17) is 18.9 Å². The first-order chi connectivity index (χ1) is 20.9. The van der Waals surface area contributed by atoms with E-state index in [1.807, 2.05) is 19.9 Å². The van der Waals surface area contributed by atoms with Gasteiger partial charge >= 0.3 is 5.91 Å². The zero-order chi connectivity index (χ0) is 30.5. The molecule has 3 aromatic carbocycles. The van der Waals surface area contributed by atoms with Crippen LogP contribution in [0.3, 0.4) is 0 Å². The first-order valence-electron chi connectivity index (χ1n) is 13.9. The van der Waals surface area contributed by atoms with Gasteiger partial charge in [-0.15, -0.1) is 0 Å². The van der Waals surface area contributed by atoms with Crippen molar-refractivity contribution in [2.24, 2.45) is 0 Å². The third-order valence-corrected chi connectivity index (χ3v) is 7.79. The van der Waals surface area contributed by atoms with E-state index in [0.29, 0.717) is 58.0 Å². The standard InChI is InChI=1S/C33H32N2O7S/c1-5-16-41-22-11-8-20(9-12-22)30(36)28-29(21-10-15-25(42-17-6-2)26(18-21)40-7-3)35(32(38)31(28)37)33-34-24-14-13-23(39-4)19-27(24)43-33/h6,8-15,18-19,29,36H,2,5,7,16-17H2,1,3-4H3. The lowest BCUT2D eigenvalue weighted by Gasteiger charge is -2.24. The number of ether oxygens (including phenoxy) is 4. The van der Waals surface area contributed by atoms with Crippen LogP contribution in [-0.2, 0) is 9.59 Å². The molecule has 5 rings (SSSR count). The van der Waals surface area contributed by atoms with Crippen molar-refractivity contribution in [2.75, 3.05) is 31.8 Å². The number of anilines is 1. The Balaban J connectivity index is 1.67. The fourth-order valence-electron chi connectivity index (χ4n) is 4.78. The molecule has 0 bridgehead atoms. The van der Waals surface area contributed by atoms with E-state index in [-0.39, 0.29) is 17.9 Å². The van der Waals surface area contributed by atoms with Gasteiger partial charge in [0.25, 0.3) is 5.78 Å². The van der Waals surface area contributed by atoms with Crippen LogP contribution in [0.1, 0.15) is 37.4 Å². The summed E-state index contributed by atoms with van der Waals surface area (Å²) in [6.45, 7) is 8.74. The minimum Gasteiger partial charge on any atom is -0.507 e. The van der Waals surface area contributed by atoms with Gasteiger partial charge in [0.2, 0.25) is 0 Å². The molecule has 1 atom stereocenters. The Bertz CT molecular complexity index is 1690. The number of aliphatic hydroxyl groups excluding tert-OH is 1. The Morgan fingerprint density at radius 3 is 2.47 bits per heavy atom. The summed E-state index contributed by atoms with van der Waals surface area (Å²) in [6.07, 6.45) is 2.48. The molecular formula is C33H32N2O7S. The number of hydrogen-bond donors (Lipinski definition) is 1. The summed E-state index contributed by atoms with van der Waals surface area (Å²) < 4.78 is 23.4. The normalized spacial score (nSPS) is 16.0. The van der Waals surface area contributed by atoms with Crippen molar-refractivity contribution in [3.05, 3.63) is 90.0 Å². The SMILES string of the molecule is C=CCOc1ccc(C2C(=C(O)c3ccc(OCCC)cc3)C(=O)C(=O)N2c2nc3ccc(OC)cc3s2)cc1OCC. The second-order valence-electron chi connectivity index (χ2n) is 9.61. The van der Waals surface area contributed by atoms with E-state index in [0.717, 1.165) is 11.1 Å². The number of hydrogen-bond acceptors (Lipinski definition) is 9. The zero-order valence-electron chi connectivity index (χ0n) is 24.2. The molecule has 0 aliphatic carbocycles. The lowest BCUT2D eigenvalue weighted by molar-refractivity contribution is -0.132. The summed E-state index contributed by atoms with van der Waals surface area (Å²) in [5.74, 6) is 0.263. The number of thiazole rings is 1. The number of fused-ring (bicyclic) bond motifs is 1. The van der Waals surface area contributed by atoms with Gasteiger partial charge in [-0.25, -0.2) is 4.98 Å². The molecular weight excluding hydrogens is 568 g/mol. The van der Waals surface area contributed by atoms with E-state index in [1.54, 1.807) is 67.8 Å². The maximum absolute atomic E-state index is 13.7. The lowest BCUT2D eigenvalue weighted by Crippen LogP contribution is -2.29. The third kappa shape index (κ3) is 5.91. The van der Waals surface area contributed by atoms with Crippen LogP contribution in [0.25, 0.3) is 16.0 Å². The minimum atomic E-state index is -0.994. The fraction of sp³-hybridized carbons (Fsp3) is 0.242. The van der Waals surface area contributed by atoms with Gasteiger partial charge in [-0.1, -0.05) is 37.0 Å². The highest BCUT2D eigenvalue weighted by Crippen LogP contribution is 2.46. The fourth-order valence-corrected chi connectivity index (χ4v) is 5.80. The number of aliphatic hydroxyl groups is 1. The number of carbonyl (C=O) groups is 2. The van der Waals surface area contributed by atoms with Gasteiger partial charge < -0.3 is 24.1 Å². The van der Waals surface area contributed by atoms with Gasteiger partial charge in [0.05, 0.1) is 42.2 Å². The molecule has 1 N–H and O–H groups in total. The summed E-state index contributed by atoms with van der Waals surface area (Å²) in [7, 11) is 1.57. The predicted octanol–water partition coefficient (Wildman–Crippen LogP) is 6.68. The van der Waals surface area contributed by atoms with Crippen molar-refractivity contribution >= 4 is 44.1 Å². The van der Waals surface area contributed by atoms with Crippen LogP contribution < -0.4 is 23.8 Å². The number of benzene rings is 3. The molecule has 222 valence electrons. The second kappa shape index (κ2) is 13.0. The molecule has 43 heavy (non-hydrogen) atoms. The van der Waals surface area contributed by atoms with Crippen LogP contribution in [0.15, 0.2) is 78.9 Å². The number of amides is 1. The van der Waals surface area contributed by atoms with Crippen molar-refractivity contribution in [3.63, 3.8) is 0 Å². The molecule has 1 saturated heterocycles. The molecule has 1 aliphatic heterocycles. The first-order valence-corrected chi connectivity index (χ1v) is 14.7. The quantitative estimate of drug-likeness (QED) is 0.0830. The Morgan fingerprint density at radius 2 is 1.77 bits per heavy atom. The molecule has 1 unspecified atom stereocenters. The number of Topliss-reactive ketones (excluding diaryl/α,β-unsaturated/α-hetero) is 1. The van der Waals surface area contributed by atoms with E-state index in [2.05, 4.69) is 11.6 Å². The molecule has 0 spiro atoms. The van der Waals surface area contributed by atoms with E-state index in [9.17, 15) is 14.7 Å². The second-order valence-corrected chi connectivity index (χ2v) is 10.6. The Labute approximate surface area is 253 Å². The summed E-state index contributed by atoms with van der Waals surface area (Å²) in [6, 6.07) is 16.3. The topological polar surface area (TPSA) is 107 Å². The lowest BCUT2D eigenvalue weighted by atomic mass is 9.95. The molecule has 1 fully saturated rings. The summed E-state index contributed by atoms with van der Waals surface area (Å²) in [5, 5.41) is 11.9. The maximum Gasteiger partial charge on any atom is 0.301 e. The zero-order valence-corrected chi connectivity index (χ0v) is 25.0. The molecule has 0 radical (unpaired) electrons. The smallest absolute Gasteiger partial charge is 0.301 e. The third-order valence-electron chi connectivity index (χ3n) is 6.78. The number of rotatable bonds is 12. The highest BCUT2D eigenvalue weighted by atomic mass is 32.1. The number of carbonyl (C=O) groups excluding carboxylic acids is 2. The van der Waals surface area contributed by atoms with Crippen LogP contribution in [0.5, 0.6) is 23.0 Å². The Morgan fingerprint density at radius 1 is 1.00 bits per heavy atom. The first kappa shape index (κ1) is 29.7. The van der Waals surface area contributed by atoms with Crippen LogP contribution in [0.4, 0.5) is 5.13 Å². The monoisotopic (exact) mass is 600 g/mol. The molecule has 10 heteroatoms. The molecule has 1 amide bonds. The average molecular weight is 601 g/mol. The Kier molecular flexibility index (Phi) is 8.96. The van der Waals surface area contributed by atoms with Crippen molar-refractivity contribution in [1.82, 2.24) is 4.98 Å². The van der Waals surface area contributed by atoms with Gasteiger partial charge in [0.1, 0.15) is 23.9 Å². The number of methoxy groups -OCH3 is 1. The van der Waals surface area contributed by atoms with Crippen molar-refractivity contribution in [3.8, 4) is 23.0 Å².